The summed E-state index contributed by atoms with van der Waals surface area (Å²) in [6.07, 6.45) is 1.59. The molecule has 5 heteroatoms. The van der Waals surface area contributed by atoms with E-state index in [2.05, 4.69) is 15.6 Å². The monoisotopic (exact) mass is 291 g/mol. The molecule has 0 saturated carbocycles. The fraction of sp³-hybridized carbons (Fsp3) is 0.312. The van der Waals surface area contributed by atoms with Crippen molar-refractivity contribution in [3.05, 3.63) is 53.6 Å². The topological polar surface area (TPSA) is 37.0 Å². The van der Waals surface area contributed by atoms with Crippen LogP contribution >= 0.6 is 0 Å². The average molecular weight is 291 g/mol. The molecular weight excluding hydrogens is 272 g/mol. The lowest BCUT2D eigenvalue weighted by Crippen LogP contribution is -2.11. The molecule has 1 heterocycles. The van der Waals surface area contributed by atoms with Crippen molar-refractivity contribution < 1.29 is 8.78 Å². The van der Waals surface area contributed by atoms with E-state index in [-0.39, 0.29) is 11.6 Å². The molecule has 0 aliphatic carbocycles. The summed E-state index contributed by atoms with van der Waals surface area (Å²) in [6.45, 7) is 3.10. The number of pyridine rings is 1. The summed E-state index contributed by atoms with van der Waals surface area (Å²) >= 11 is 0. The summed E-state index contributed by atoms with van der Waals surface area (Å²) in [5, 5.41) is 5.76. The molecule has 2 aromatic rings. The van der Waals surface area contributed by atoms with Gasteiger partial charge in [-0.15, -0.1) is 0 Å². The number of aromatic nitrogens is 1. The van der Waals surface area contributed by atoms with Crippen LogP contribution in [0.5, 0.6) is 0 Å². The second-order valence-corrected chi connectivity index (χ2v) is 4.74. The predicted octanol–water partition coefficient (Wildman–Crippen LogP) is 3.84. The highest BCUT2D eigenvalue weighted by atomic mass is 19.1. The first-order chi connectivity index (χ1) is 10.2. The zero-order chi connectivity index (χ0) is 15.1. The van der Waals surface area contributed by atoms with Gasteiger partial charge in [-0.25, -0.2) is 13.8 Å². The second-order valence-electron chi connectivity index (χ2n) is 4.74. The van der Waals surface area contributed by atoms with E-state index < -0.39 is 11.6 Å². The molecule has 2 rings (SSSR count). The van der Waals surface area contributed by atoms with Gasteiger partial charge in [-0.05, 0) is 18.4 Å². The number of halogens is 2. The Bertz CT molecular complexity index is 573. The Balaban J connectivity index is 1.98. The lowest BCUT2D eigenvalue weighted by atomic mass is 10.1. The molecule has 21 heavy (non-hydrogen) atoms. The van der Waals surface area contributed by atoms with Gasteiger partial charge in [-0.1, -0.05) is 37.3 Å². The van der Waals surface area contributed by atoms with Gasteiger partial charge in [-0.2, -0.15) is 0 Å². The van der Waals surface area contributed by atoms with Crippen LogP contribution in [0.3, 0.4) is 0 Å². The highest BCUT2D eigenvalue weighted by Crippen LogP contribution is 2.19. The van der Waals surface area contributed by atoms with Crippen molar-refractivity contribution in [2.24, 2.45) is 0 Å². The second kappa shape index (κ2) is 7.57. The Morgan fingerprint density at radius 2 is 1.57 bits per heavy atom. The molecule has 112 valence electrons. The van der Waals surface area contributed by atoms with E-state index in [0.717, 1.165) is 24.5 Å². The molecule has 0 amide bonds. The summed E-state index contributed by atoms with van der Waals surface area (Å²) in [7, 11) is 0. The van der Waals surface area contributed by atoms with Crippen LogP contribution < -0.4 is 10.6 Å². The fourth-order valence-electron chi connectivity index (χ4n) is 1.93. The molecule has 1 aromatic carbocycles. The molecule has 0 fully saturated rings. The molecule has 0 bridgehead atoms. The molecule has 0 radical (unpaired) electrons. The minimum atomic E-state index is -0.678. The van der Waals surface area contributed by atoms with Gasteiger partial charge in [-0.3, -0.25) is 0 Å². The summed E-state index contributed by atoms with van der Waals surface area (Å²) < 4.78 is 27.2. The standard InChI is InChI=1S/C16H19F2N3/c1-2-9-19-15-13(17)11-14(18)16(21-15)20-10-8-12-6-4-3-5-7-12/h3-7,11H,2,8-10H2,1H3,(H2,19,20,21). The van der Waals surface area contributed by atoms with Crippen LogP contribution in [0.15, 0.2) is 36.4 Å². The van der Waals surface area contributed by atoms with E-state index in [4.69, 9.17) is 0 Å². The maximum atomic E-state index is 13.7. The maximum Gasteiger partial charge on any atom is 0.168 e. The van der Waals surface area contributed by atoms with Gasteiger partial charge in [0, 0.05) is 19.2 Å². The molecule has 0 atom stereocenters. The van der Waals surface area contributed by atoms with Gasteiger partial charge in [0.1, 0.15) is 0 Å². The van der Waals surface area contributed by atoms with Gasteiger partial charge >= 0.3 is 0 Å². The Kier molecular flexibility index (Phi) is 5.49. The van der Waals surface area contributed by atoms with Gasteiger partial charge in [0.05, 0.1) is 0 Å². The first-order valence-corrected chi connectivity index (χ1v) is 7.08. The minimum absolute atomic E-state index is 0.0749. The molecular formula is C16H19F2N3. The summed E-state index contributed by atoms with van der Waals surface area (Å²) in [6, 6.07) is 10.7. The van der Waals surface area contributed by atoms with E-state index in [9.17, 15) is 8.78 Å². The molecule has 0 unspecified atom stereocenters. The van der Waals surface area contributed by atoms with Crippen LogP contribution in [0, 0.1) is 11.6 Å². The van der Waals surface area contributed by atoms with Gasteiger partial charge < -0.3 is 10.6 Å². The average Bonchev–Trinajstić information content (AvgIpc) is 2.49. The van der Waals surface area contributed by atoms with Crippen molar-refractivity contribution in [3.8, 4) is 0 Å². The number of nitrogens with one attached hydrogen (secondary N) is 2. The van der Waals surface area contributed by atoms with Gasteiger partial charge in [0.2, 0.25) is 0 Å². The van der Waals surface area contributed by atoms with E-state index in [1.807, 2.05) is 37.3 Å². The fourth-order valence-corrected chi connectivity index (χ4v) is 1.93. The SMILES string of the molecule is CCCNc1nc(NCCc2ccccc2)c(F)cc1F. The molecule has 0 aliphatic heterocycles. The Morgan fingerprint density at radius 1 is 0.952 bits per heavy atom. The van der Waals surface area contributed by atoms with Crippen molar-refractivity contribution in [3.63, 3.8) is 0 Å². The van der Waals surface area contributed by atoms with E-state index >= 15 is 0 Å². The van der Waals surface area contributed by atoms with E-state index in [0.29, 0.717) is 13.1 Å². The number of nitrogens with zero attached hydrogens (tertiary/aromatic N) is 1. The molecule has 2 N–H and O–H groups in total. The number of rotatable bonds is 7. The first kappa shape index (κ1) is 15.2. The first-order valence-electron chi connectivity index (χ1n) is 7.08. The van der Waals surface area contributed by atoms with E-state index in [1.54, 1.807) is 0 Å². The summed E-state index contributed by atoms with van der Waals surface area (Å²) in [5.74, 6) is -1.19. The molecule has 0 aliphatic rings. The zero-order valence-corrected chi connectivity index (χ0v) is 12.0. The summed E-state index contributed by atoms with van der Waals surface area (Å²) in [4.78, 5) is 3.97. The van der Waals surface area contributed by atoms with Crippen molar-refractivity contribution in [2.75, 3.05) is 23.7 Å². The largest absolute Gasteiger partial charge is 0.368 e. The number of anilines is 2. The van der Waals surface area contributed by atoms with Crippen LogP contribution in [-0.4, -0.2) is 18.1 Å². The van der Waals surface area contributed by atoms with Crippen LogP contribution in [0.4, 0.5) is 20.4 Å². The lowest BCUT2D eigenvalue weighted by molar-refractivity contribution is 0.577. The normalized spacial score (nSPS) is 10.4. The molecule has 3 nitrogen and oxygen atoms in total. The highest BCUT2D eigenvalue weighted by molar-refractivity contribution is 5.47. The van der Waals surface area contributed by atoms with Crippen LogP contribution in [-0.2, 0) is 6.42 Å². The van der Waals surface area contributed by atoms with Crippen molar-refractivity contribution in [2.45, 2.75) is 19.8 Å². The smallest absolute Gasteiger partial charge is 0.168 e. The molecule has 1 aromatic heterocycles. The predicted molar refractivity (Wildman–Crippen MR) is 81.6 cm³/mol. The maximum absolute atomic E-state index is 13.7. The van der Waals surface area contributed by atoms with Crippen molar-refractivity contribution in [1.82, 2.24) is 4.98 Å². The van der Waals surface area contributed by atoms with Crippen LogP contribution in [0.2, 0.25) is 0 Å². The Hall–Kier alpha value is -2.17. The third-order valence-corrected chi connectivity index (χ3v) is 3.02. The van der Waals surface area contributed by atoms with E-state index in [1.165, 1.54) is 0 Å². The van der Waals surface area contributed by atoms with Crippen molar-refractivity contribution in [1.29, 1.82) is 0 Å². The third kappa shape index (κ3) is 4.41. The number of hydrogen-bond acceptors (Lipinski definition) is 3. The van der Waals surface area contributed by atoms with Gasteiger partial charge in [0.15, 0.2) is 23.3 Å². The highest BCUT2D eigenvalue weighted by Gasteiger charge is 2.11. The lowest BCUT2D eigenvalue weighted by Gasteiger charge is -2.11. The van der Waals surface area contributed by atoms with Crippen molar-refractivity contribution >= 4 is 11.6 Å². The summed E-state index contributed by atoms with van der Waals surface area (Å²) in [5.41, 5.74) is 1.15. The third-order valence-electron chi connectivity index (χ3n) is 3.02. The zero-order valence-electron chi connectivity index (χ0n) is 12.0. The quantitative estimate of drug-likeness (QED) is 0.814. The van der Waals surface area contributed by atoms with Gasteiger partial charge in [0.25, 0.3) is 0 Å². The number of hydrogen-bond donors (Lipinski definition) is 2. The van der Waals surface area contributed by atoms with Crippen LogP contribution in [0.25, 0.3) is 0 Å². The minimum Gasteiger partial charge on any atom is -0.368 e. The Labute approximate surface area is 123 Å². The molecule has 0 spiro atoms. The Morgan fingerprint density at radius 3 is 2.19 bits per heavy atom. The van der Waals surface area contributed by atoms with Crippen LogP contribution in [0.1, 0.15) is 18.9 Å². The molecule has 0 saturated heterocycles. The number of benzene rings is 1.